The van der Waals surface area contributed by atoms with Gasteiger partial charge in [0.2, 0.25) is 5.69 Å². The third-order valence-electron chi connectivity index (χ3n) is 4.74. The second-order valence-electron chi connectivity index (χ2n) is 9.70. The Morgan fingerprint density at radius 1 is 1.00 bits per heavy atom. The molecular formula is C23H33F3NSi+. The molecule has 0 amide bonds. The lowest BCUT2D eigenvalue weighted by atomic mass is 9.84. The van der Waals surface area contributed by atoms with Crippen LogP contribution in [0.15, 0.2) is 24.4 Å². The molecule has 0 unspecified atom stereocenters. The Morgan fingerprint density at radius 2 is 1.57 bits per heavy atom. The molecule has 28 heavy (non-hydrogen) atoms. The van der Waals surface area contributed by atoms with E-state index in [4.69, 9.17) is 2.74 Å². The number of halogens is 3. The van der Waals surface area contributed by atoms with Gasteiger partial charge < -0.3 is 0 Å². The standard InChI is InChI=1S/C23H33F3NSi/c1-15-10-17(13-22(3,4)5)19(23(24,25)26)12-18(15)20-11-16(2)21(14-27(20)6)28(7,8)9/h10-12,14H,13H2,1-9H3/q+1/i13D2. The second kappa shape index (κ2) is 7.32. The molecular weight excluding hydrogens is 375 g/mol. The summed E-state index contributed by atoms with van der Waals surface area (Å²) in [6, 6.07) is 4.45. The van der Waals surface area contributed by atoms with Crippen LogP contribution in [0.2, 0.25) is 19.6 Å². The third-order valence-corrected chi connectivity index (χ3v) is 6.88. The zero-order valence-corrected chi connectivity index (χ0v) is 19.4. The first-order chi connectivity index (χ1) is 13.3. The Balaban J connectivity index is 2.84. The van der Waals surface area contributed by atoms with Crippen LogP contribution in [-0.4, -0.2) is 8.07 Å². The minimum atomic E-state index is -4.65. The summed E-state index contributed by atoms with van der Waals surface area (Å²) in [5, 5.41) is 1.27. The Kier molecular flexibility index (Phi) is 5.15. The fraction of sp³-hybridized carbons (Fsp3) is 0.522. The maximum atomic E-state index is 14.0. The van der Waals surface area contributed by atoms with Crippen LogP contribution < -0.4 is 9.75 Å². The van der Waals surface area contributed by atoms with Crippen LogP contribution in [0.3, 0.4) is 0 Å². The van der Waals surface area contributed by atoms with Crippen LogP contribution >= 0.6 is 0 Å². The summed E-state index contributed by atoms with van der Waals surface area (Å²) in [6.45, 7) is 15.3. The van der Waals surface area contributed by atoms with Crippen molar-refractivity contribution >= 4 is 13.3 Å². The molecule has 154 valence electrons. The monoisotopic (exact) mass is 410 g/mol. The van der Waals surface area contributed by atoms with Gasteiger partial charge in [0.15, 0.2) is 6.20 Å². The lowest BCUT2D eigenvalue weighted by Gasteiger charge is -2.23. The third kappa shape index (κ3) is 5.05. The predicted octanol–water partition coefficient (Wildman–Crippen LogP) is 5.95. The van der Waals surface area contributed by atoms with Crippen LogP contribution in [-0.2, 0) is 19.6 Å². The molecule has 0 atom stereocenters. The van der Waals surface area contributed by atoms with Crippen molar-refractivity contribution in [1.29, 1.82) is 0 Å². The smallest absolute Gasteiger partial charge is 0.201 e. The van der Waals surface area contributed by atoms with Crippen LogP contribution in [0.25, 0.3) is 11.3 Å². The van der Waals surface area contributed by atoms with Crippen molar-refractivity contribution in [1.82, 2.24) is 0 Å². The Morgan fingerprint density at radius 3 is 2.04 bits per heavy atom. The van der Waals surface area contributed by atoms with Gasteiger partial charge in [-0.1, -0.05) is 46.5 Å². The zero-order chi connectivity index (χ0) is 23.4. The van der Waals surface area contributed by atoms with E-state index in [-0.39, 0.29) is 5.56 Å². The van der Waals surface area contributed by atoms with Gasteiger partial charge in [0, 0.05) is 19.6 Å². The van der Waals surface area contributed by atoms with E-state index in [0.717, 1.165) is 11.6 Å². The molecule has 0 saturated carbocycles. The molecule has 0 aliphatic carbocycles. The number of pyridine rings is 1. The number of nitrogens with zero attached hydrogens (tertiary/aromatic N) is 1. The van der Waals surface area contributed by atoms with Crippen molar-refractivity contribution in [3.63, 3.8) is 0 Å². The maximum absolute atomic E-state index is 14.0. The number of rotatable bonds is 3. The molecule has 2 aromatic rings. The highest BCUT2D eigenvalue weighted by atomic mass is 28.3. The number of hydrogen-bond donors (Lipinski definition) is 0. The van der Waals surface area contributed by atoms with Crippen molar-refractivity contribution in [2.45, 2.75) is 66.8 Å². The van der Waals surface area contributed by atoms with Gasteiger partial charge >= 0.3 is 6.18 Å². The molecule has 0 aliphatic heterocycles. The fourth-order valence-electron chi connectivity index (χ4n) is 3.53. The molecule has 1 aromatic heterocycles. The van der Waals surface area contributed by atoms with E-state index in [9.17, 15) is 13.2 Å². The molecule has 2 rings (SSSR count). The van der Waals surface area contributed by atoms with Gasteiger partial charge in [-0.05, 0) is 48.4 Å². The molecule has 0 fully saturated rings. The highest BCUT2D eigenvalue weighted by Gasteiger charge is 2.36. The summed E-state index contributed by atoms with van der Waals surface area (Å²) < 4.78 is 60.9. The first kappa shape index (κ1) is 19.7. The molecule has 0 aliphatic rings. The molecule has 0 bridgehead atoms. The van der Waals surface area contributed by atoms with E-state index in [1.807, 2.05) is 30.8 Å². The second-order valence-corrected chi connectivity index (χ2v) is 14.7. The van der Waals surface area contributed by atoms with Crippen molar-refractivity contribution in [3.8, 4) is 11.3 Å². The minimum absolute atomic E-state index is 0.304. The summed E-state index contributed by atoms with van der Waals surface area (Å²) >= 11 is 0. The van der Waals surface area contributed by atoms with Crippen molar-refractivity contribution < 1.29 is 20.5 Å². The van der Waals surface area contributed by atoms with Gasteiger partial charge in [-0.3, -0.25) is 0 Å². The summed E-state index contributed by atoms with van der Waals surface area (Å²) in [6.07, 6.45) is -4.75. The predicted molar refractivity (Wildman–Crippen MR) is 114 cm³/mol. The molecule has 1 aromatic carbocycles. The lowest BCUT2D eigenvalue weighted by molar-refractivity contribution is -0.659. The summed E-state index contributed by atoms with van der Waals surface area (Å²) in [7, 11) is 0.262. The largest absolute Gasteiger partial charge is 0.416 e. The Hall–Kier alpha value is -1.62. The molecule has 0 saturated heterocycles. The summed E-state index contributed by atoms with van der Waals surface area (Å²) in [5.41, 5.74) is 0.674. The van der Waals surface area contributed by atoms with Gasteiger partial charge in [0.25, 0.3) is 0 Å². The highest BCUT2D eigenvalue weighted by Crippen LogP contribution is 2.38. The quantitative estimate of drug-likeness (QED) is 0.435. The Labute approximate surface area is 171 Å². The average Bonchev–Trinajstić information content (AvgIpc) is 2.53. The summed E-state index contributed by atoms with van der Waals surface area (Å²) in [4.78, 5) is 0. The van der Waals surface area contributed by atoms with Crippen LogP contribution in [0.4, 0.5) is 13.2 Å². The molecule has 0 radical (unpaired) electrons. The molecule has 0 spiro atoms. The van der Waals surface area contributed by atoms with Gasteiger partial charge in [0.05, 0.1) is 13.6 Å². The van der Waals surface area contributed by atoms with Gasteiger partial charge in [0.1, 0.15) is 7.05 Å². The number of aromatic nitrogens is 1. The zero-order valence-electron chi connectivity index (χ0n) is 20.4. The van der Waals surface area contributed by atoms with E-state index in [2.05, 4.69) is 19.6 Å². The summed E-state index contributed by atoms with van der Waals surface area (Å²) in [5.74, 6) is 0. The van der Waals surface area contributed by atoms with Gasteiger partial charge in [-0.25, -0.2) is 4.57 Å². The molecule has 1 heterocycles. The van der Waals surface area contributed by atoms with Gasteiger partial charge in [-0.15, -0.1) is 0 Å². The van der Waals surface area contributed by atoms with Crippen LogP contribution in [0.5, 0.6) is 0 Å². The molecule has 5 heteroatoms. The number of aryl methyl sites for hydroxylation is 3. The molecule has 0 N–H and O–H groups in total. The number of hydrogen-bond acceptors (Lipinski definition) is 0. The Bertz CT molecular complexity index is 968. The normalized spacial score (nSPS) is 14.7. The van der Waals surface area contributed by atoms with E-state index in [1.54, 1.807) is 27.7 Å². The van der Waals surface area contributed by atoms with Crippen molar-refractivity contribution in [2.24, 2.45) is 12.5 Å². The van der Waals surface area contributed by atoms with E-state index in [0.29, 0.717) is 16.8 Å². The van der Waals surface area contributed by atoms with E-state index in [1.165, 1.54) is 11.3 Å². The van der Waals surface area contributed by atoms with Crippen molar-refractivity contribution in [3.05, 3.63) is 46.6 Å². The highest BCUT2D eigenvalue weighted by molar-refractivity contribution is 6.88. The van der Waals surface area contributed by atoms with E-state index >= 15 is 0 Å². The fourth-order valence-corrected chi connectivity index (χ4v) is 5.36. The number of alkyl halides is 3. The maximum Gasteiger partial charge on any atom is 0.416 e. The van der Waals surface area contributed by atoms with Crippen LogP contribution in [0.1, 0.15) is 45.8 Å². The SMILES string of the molecule is [2H]C([2H])(c1cc(C)c(-c2cc(C)c([Si](C)(C)C)c[n+]2C)cc1C(F)(F)F)C(C)(C)C. The minimum Gasteiger partial charge on any atom is -0.201 e. The van der Waals surface area contributed by atoms with Crippen molar-refractivity contribution in [2.75, 3.05) is 0 Å². The number of benzene rings is 1. The first-order valence-electron chi connectivity index (χ1n) is 10.5. The molecule has 1 nitrogen and oxygen atoms in total. The van der Waals surface area contributed by atoms with Crippen LogP contribution in [0, 0.1) is 19.3 Å². The first-order valence-corrected chi connectivity index (χ1v) is 13.0. The van der Waals surface area contributed by atoms with Gasteiger partial charge in [-0.2, -0.15) is 13.2 Å². The average molecular weight is 411 g/mol. The lowest BCUT2D eigenvalue weighted by Crippen LogP contribution is -2.46. The van der Waals surface area contributed by atoms with E-state index < -0.39 is 31.6 Å². The topological polar surface area (TPSA) is 3.88 Å².